The predicted octanol–water partition coefficient (Wildman–Crippen LogP) is 3.14. The average Bonchev–Trinajstić information content (AvgIpc) is 3.07. The van der Waals surface area contributed by atoms with Gasteiger partial charge in [0.25, 0.3) is 11.6 Å². The van der Waals surface area contributed by atoms with Gasteiger partial charge in [-0.15, -0.1) is 0 Å². The standard InChI is InChI=1S/C20H30N4O7Si/c1-20(2,3)32(4,5)31-16-10-18(22-30-13-17(21)25)23(11-16)19(26)29-12-14-6-8-15(9-7-14)24(27)28/h6-9,16H,10-13H2,1-5H3,(H2,21,25)/b22-18+. The molecule has 11 nitrogen and oxygen atoms in total. The minimum atomic E-state index is -2.10. The summed E-state index contributed by atoms with van der Waals surface area (Å²) in [5.41, 5.74) is 5.62. The highest BCUT2D eigenvalue weighted by Crippen LogP contribution is 2.38. The third-order valence-electron chi connectivity index (χ3n) is 5.48. The Labute approximate surface area is 187 Å². The molecule has 1 aliphatic rings. The molecular weight excluding hydrogens is 436 g/mol. The second kappa shape index (κ2) is 10.1. The molecule has 176 valence electrons. The van der Waals surface area contributed by atoms with Crippen LogP contribution in [0, 0.1) is 10.1 Å². The third-order valence-corrected chi connectivity index (χ3v) is 10.0. The first kappa shape index (κ1) is 25.3. The van der Waals surface area contributed by atoms with Crippen molar-refractivity contribution in [3.05, 3.63) is 39.9 Å². The molecule has 2 amide bonds. The van der Waals surface area contributed by atoms with Crippen LogP contribution in [-0.2, 0) is 25.4 Å². The Morgan fingerprint density at radius 1 is 1.28 bits per heavy atom. The van der Waals surface area contributed by atoms with Crippen molar-refractivity contribution >= 4 is 31.8 Å². The maximum atomic E-state index is 12.7. The quantitative estimate of drug-likeness (QED) is 0.352. The molecule has 0 aromatic heterocycles. The lowest BCUT2D eigenvalue weighted by Crippen LogP contribution is -2.44. The maximum absolute atomic E-state index is 12.7. The fourth-order valence-corrected chi connectivity index (χ4v) is 4.08. The molecule has 0 saturated carbocycles. The number of amidine groups is 1. The van der Waals surface area contributed by atoms with E-state index in [-0.39, 0.29) is 35.8 Å². The number of nitrogens with zero attached hydrogens (tertiary/aromatic N) is 3. The molecule has 12 heteroatoms. The topological polar surface area (TPSA) is 147 Å². The summed E-state index contributed by atoms with van der Waals surface area (Å²) < 4.78 is 11.8. The van der Waals surface area contributed by atoms with Gasteiger partial charge in [-0.05, 0) is 35.8 Å². The summed E-state index contributed by atoms with van der Waals surface area (Å²) in [6.07, 6.45) is -0.636. The normalized spacial score (nSPS) is 18.0. The van der Waals surface area contributed by atoms with Crippen LogP contribution in [0.5, 0.6) is 0 Å². The van der Waals surface area contributed by atoms with E-state index in [1.54, 1.807) is 0 Å². The van der Waals surface area contributed by atoms with Crippen molar-refractivity contribution in [3.8, 4) is 0 Å². The van der Waals surface area contributed by atoms with Gasteiger partial charge in [0.05, 0.1) is 17.6 Å². The molecule has 1 aromatic carbocycles. The number of likely N-dealkylation sites (tertiary alicyclic amines) is 1. The van der Waals surface area contributed by atoms with E-state index in [4.69, 9.17) is 19.7 Å². The molecule has 32 heavy (non-hydrogen) atoms. The molecular formula is C20H30N4O7Si. The van der Waals surface area contributed by atoms with Crippen LogP contribution < -0.4 is 5.73 Å². The summed E-state index contributed by atoms with van der Waals surface area (Å²) in [5.74, 6) is -0.405. The van der Waals surface area contributed by atoms with Gasteiger partial charge in [-0.25, -0.2) is 4.79 Å². The van der Waals surface area contributed by atoms with Gasteiger partial charge in [0.2, 0.25) is 0 Å². The second-order valence-electron chi connectivity index (χ2n) is 9.04. The summed E-state index contributed by atoms with van der Waals surface area (Å²) in [5, 5.41) is 14.6. The van der Waals surface area contributed by atoms with Gasteiger partial charge in [-0.1, -0.05) is 25.9 Å². The van der Waals surface area contributed by atoms with Crippen molar-refractivity contribution in [2.24, 2.45) is 10.9 Å². The number of carbonyl (C=O) groups is 2. The first-order valence-corrected chi connectivity index (χ1v) is 13.0. The molecule has 0 bridgehead atoms. The fraction of sp³-hybridized carbons (Fsp3) is 0.550. The molecule has 1 aliphatic heterocycles. The molecule has 2 rings (SSSR count). The van der Waals surface area contributed by atoms with Crippen molar-refractivity contribution in [1.82, 2.24) is 4.90 Å². The van der Waals surface area contributed by atoms with Crippen LogP contribution in [0.2, 0.25) is 18.1 Å². The number of amides is 2. The van der Waals surface area contributed by atoms with Gasteiger partial charge in [-0.3, -0.25) is 19.8 Å². The number of carbonyl (C=O) groups excluding carboxylic acids is 2. The van der Waals surface area contributed by atoms with E-state index in [0.29, 0.717) is 12.0 Å². The summed E-state index contributed by atoms with van der Waals surface area (Å²) >= 11 is 0. The number of non-ortho nitro benzene ring substituents is 1. The number of nitro groups is 1. The minimum absolute atomic E-state index is 0.0172. The number of oxime groups is 1. The molecule has 1 heterocycles. The third kappa shape index (κ3) is 6.75. The Morgan fingerprint density at radius 2 is 1.91 bits per heavy atom. The maximum Gasteiger partial charge on any atom is 0.415 e. The van der Waals surface area contributed by atoms with Crippen LogP contribution in [-0.4, -0.2) is 55.2 Å². The Balaban J connectivity index is 2.08. The van der Waals surface area contributed by atoms with Crippen LogP contribution in [0.15, 0.2) is 29.4 Å². The van der Waals surface area contributed by atoms with E-state index in [9.17, 15) is 19.7 Å². The van der Waals surface area contributed by atoms with E-state index in [1.807, 2.05) is 0 Å². The van der Waals surface area contributed by atoms with Gasteiger partial charge in [0.1, 0.15) is 6.61 Å². The molecule has 0 radical (unpaired) electrons. The molecule has 0 spiro atoms. The van der Waals surface area contributed by atoms with Gasteiger partial charge >= 0.3 is 6.09 Å². The highest BCUT2D eigenvalue weighted by atomic mass is 28.4. The Hall–Kier alpha value is -2.99. The SMILES string of the molecule is CC(C)(C)[Si](C)(C)OC1C/C(=N\OCC(N)=O)N(C(=O)OCc2ccc([N+](=O)[O-])cc2)C1. The zero-order chi connectivity index (χ0) is 24.1. The minimum Gasteiger partial charge on any atom is -0.444 e. The van der Waals surface area contributed by atoms with E-state index < -0.39 is 31.8 Å². The van der Waals surface area contributed by atoms with Crippen molar-refractivity contribution in [1.29, 1.82) is 0 Å². The smallest absolute Gasteiger partial charge is 0.415 e. The first-order valence-electron chi connectivity index (χ1n) is 10.1. The number of ether oxygens (including phenoxy) is 1. The summed E-state index contributed by atoms with van der Waals surface area (Å²) in [7, 11) is -2.10. The summed E-state index contributed by atoms with van der Waals surface area (Å²) in [4.78, 5) is 40.2. The lowest BCUT2D eigenvalue weighted by Gasteiger charge is -2.38. The van der Waals surface area contributed by atoms with Crippen molar-refractivity contribution in [3.63, 3.8) is 0 Å². The average molecular weight is 467 g/mol. The molecule has 1 unspecified atom stereocenters. The number of rotatable bonds is 8. The van der Waals surface area contributed by atoms with Crippen LogP contribution in [0.1, 0.15) is 32.8 Å². The first-order chi connectivity index (χ1) is 14.8. The number of benzene rings is 1. The lowest BCUT2D eigenvalue weighted by molar-refractivity contribution is -0.384. The van der Waals surface area contributed by atoms with Gasteiger partial charge in [0, 0.05) is 18.6 Å². The Bertz CT molecular complexity index is 881. The number of primary amides is 1. The molecule has 1 aromatic rings. The highest BCUT2D eigenvalue weighted by molar-refractivity contribution is 6.74. The number of nitrogens with two attached hydrogens (primary N) is 1. The number of hydrogen-bond donors (Lipinski definition) is 1. The molecule has 0 aliphatic carbocycles. The van der Waals surface area contributed by atoms with Gasteiger partial charge in [0.15, 0.2) is 20.8 Å². The highest BCUT2D eigenvalue weighted by Gasteiger charge is 2.43. The Kier molecular flexibility index (Phi) is 7.96. The summed E-state index contributed by atoms with van der Waals surface area (Å²) in [6.45, 7) is 10.3. The predicted molar refractivity (Wildman–Crippen MR) is 119 cm³/mol. The van der Waals surface area contributed by atoms with Gasteiger partial charge in [-0.2, -0.15) is 0 Å². The summed E-state index contributed by atoms with van der Waals surface area (Å²) in [6, 6.07) is 5.72. The second-order valence-corrected chi connectivity index (χ2v) is 13.8. The number of hydrogen-bond acceptors (Lipinski definition) is 8. The van der Waals surface area contributed by atoms with Crippen LogP contribution in [0.4, 0.5) is 10.5 Å². The van der Waals surface area contributed by atoms with Crippen LogP contribution in [0.25, 0.3) is 0 Å². The zero-order valence-electron chi connectivity index (χ0n) is 19.0. The van der Waals surface area contributed by atoms with Crippen molar-refractivity contribution in [2.45, 2.75) is 58.0 Å². The molecule has 1 atom stereocenters. The van der Waals surface area contributed by atoms with Crippen LogP contribution in [0.3, 0.4) is 0 Å². The van der Waals surface area contributed by atoms with Crippen LogP contribution >= 0.6 is 0 Å². The van der Waals surface area contributed by atoms with E-state index >= 15 is 0 Å². The molecule has 1 fully saturated rings. The number of nitro benzene ring substituents is 1. The largest absolute Gasteiger partial charge is 0.444 e. The molecule has 1 saturated heterocycles. The van der Waals surface area contributed by atoms with Crippen molar-refractivity contribution in [2.75, 3.05) is 13.2 Å². The zero-order valence-corrected chi connectivity index (χ0v) is 20.0. The van der Waals surface area contributed by atoms with Gasteiger partial charge < -0.3 is 19.7 Å². The molecule has 2 N–H and O–H groups in total. The van der Waals surface area contributed by atoms with Crippen molar-refractivity contribution < 1.29 is 28.5 Å². The van der Waals surface area contributed by atoms with E-state index in [0.717, 1.165) is 0 Å². The van der Waals surface area contributed by atoms with E-state index in [1.165, 1.54) is 29.2 Å². The monoisotopic (exact) mass is 466 g/mol. The van der Waals surface area contributed by atoms with E-state index in [2.05, 4.69) is 39.0 Å². The fourth-order valence-electron chi connectivity index (χ4n) is 2.73. The lowest BCUT2D eigenvalue weighted by atomic mass is 10.2. The Morgan fingerprint density at radius 3 is 2.44 bits per heavy atom.